The Bertz CT molecular complexity index is 730. The first-order valence-electron chi connectivity index (χ1n) is 7.33. The Hall–Kier alpha value is -2.20. The third-order valence-electron chi connectivity index (χ3n) is 3.39. The van der Waals surface area contributed by atoms with E-state index in [9.17, 15) is 0 Å². The van der Waals surface area contributed by atoms with Crippen LogP contribution in [0.5, 0.6) is 0 Å². The van der Waals surface area contributed by atoms with Gasteiger partial charge in [-0.1, -0.05) is 32.0 Å². The van der Waals surface area contributed by atoms with Crippen LogP contribution in [0.1, 0.15) is 19.4 Å². The molecule has 3 rings (SSSR count). The number of rotatable bonds is 5. The Morgan fingerprint density at radius 1 is 1.19 bits per heavy atom. The number of fused-ring (bicyclic) bond motifs is 1. The average Bonchev–Trinajstić information content (AvgIpc) is 2.91. The quantitative estimate of drug-likeness (QED) is 0.780. The molecule has 0 radical (unpaired) electrons. The molecule has 0 saturated heterocycles. The van der Waals surface area contributed by atoms with Gasteiger partial charge in [-0.3, -0.25) is 0 Å². The molecule has 3 aromatic rings. The maximum atomic E-state index is 4.45. The van der Waals surface area contributed by atoms with Gasteiger partial charge in [-0.05, 0) is 36.2 Å². The molecule has 0 atom stereocenters. The third kappa shape index (κ3) is 3.11. The van der Waals surface area contributed by atoms with Crippen LogP contribution in [0.3, 0.4) is 0 Å². The molecule has 0 fully saturated rings. The first-order chi connectivity index (χ1) is 10.2. The zero-order chi connectivity index (χ0) is 14.7. The van der Waals surface area contributed by atoms with Gasteiger partial charge in [0.25, 0.3) is 0 Å². The lowest BCUT2D eigenvalue weighted by molar-refractivity contribution is 0.552. The highest BCUT2D eigenvalue weighted by Gasteiger charge is 2.06. The number of pyridine rings is 1. The molecule has 0 spiro atoms. The number of hydrogen-bond acceptors (Lipinski definition) is 3. The normalized spacial score (nSPS) is 11.4. The van der Waals surface area contributed by atoms with Crippen molar-refractivity contribution in [3.63, 3.8) is 0 Å². The van der Waals surface area contributed by atoms with Crippen LogP contribution >= 0.6 is 0 Å². The van der Waals surface area contributed by atoms with Crippen LogP contribution in [0.15, 0.2) is 48.8 Å². The van der Waals surface area contributed by atoms with E-state index in [1.165, 1.54) is 5.56 Å². The Morgan fingerprint density at radius 2 is 2.05 bits per heavy atom. The molecule has 2 heterocycles. The summed E-state index contributed by atoms with van der Waals surface area (Å²) in [6.07, 6.45) is 3.72. The molecule has 0 amide bonds. The van der Waals surface area contributed by atoms with E-state index in [2.05, 4.69) is 47.4 Å². The number of hydrogen-bond donors (Lipinski definition) is 1. The fourth-order valence-electron chi connectivity index (χ4n) is 2.35. The maximum Gasteiger partial charge on any atom is 0.154 e. The SMILES string of the molecule is CC(C)CNCc1ccnc(-n2ncc3ccccc32)c1. The van der Waals surface area contributed by atoms with Crippen molar-refractivity contribution in [2.24, 2.45) is 5.92 Å². The highest BCUT2D eigenvalue weighted by Crippen LogP contribution is 2.17. The van der Waals surface area contributed by atoms with Crippen molar-refractivity contribution in [1.82, 2.24) is 20.1 Å². The Balaban J connectivity index is 1.85. The van der Waals surface area contributed by atoms with Crippen LogP contribution in [0.4, 0.5) is 0 Å². The molecule has 108 valence electrons. The topological polar surface area (TPSA) is 42.7 Å². The molecular formula is C17H20N4. The van der Waals surface area contributed by atoms with E-state index < -0.39 is 0 Å². The van der Waals surface area contributed by atoms with Gasteiger partial charge >= 0.3 is 0 Å². The Kier molecular flexibility index (Phi) is 3.97. The van der Waals surface area contributed by atoms with Gasteiger partial charge in [0.1, 0.15) is 0 Å². The van der Waals surface area contributed by atoms with E-state index >= 15 is 0 Å². The van der Waals surface area contributed by atoms with Gasteiger partial charge < -0.3 is 5.32 Å². The lowest BCUT2D eigenvalue weighted by atomic mass is 10.2. The molecule has 0 saturated carbocycles. The predicted octanol–water partition coefficient (Wildman–Crippen LogP) is 3.17. The zero-order valence-electron chi connectivity index (χ0n) is 12.5. The largest absolute Gasteiger partial charge is 0.312 e. The standard InChI is InChI=1S/C17H20N4/c1-13(2)10-18-11-14-7-8-19-17(9-14)21-16-6-4-3-5-15(16)12-20-21/h3-9,12-13,18H,10-11H2,1-2H3. The van der Waals surface area contributed by atoms with E-state index in [1.54, 1.807) is 0 Å². The van der Waals surface area contributed by atoms with Crippen molar-refractivity contribution in [1.29, 1.82) is 0 Å². The molecule has 21 heavy (non-hydrogen) atoms. The van der Waals surface area contributed by atoms with Crippen LogP contribution < -0.4 is 5.32 Å². The Morgan fingerprint density at radius 3 is 2.90 bits per heavy atom. The Labute approximate surface area is 124 Å². The molecule has 0 bridgehead atoms. The summed E-state index contributed by atoms with van der Waals surface area (Å²) in [6.45, 7) is 6.29. The number of nitrogens with zero attached hydrogens (tertiary/aromatic N) is 3. The van der Waals surface area contributed by atoms with Crippen molar-refractivity contribution in [2.45, 2.75) is 20.4 Å². The van der Waals surface area contributed by atoms with E-state index in [0.717, 1.165) is 29.8 Å². The minimum Gasteiger partial charge on any atom is -0.312 e. The minimum atomic E-state index is 0.654. The summed E-state index contributed by atoms with van der Waals surface area (Å²) in [6, 6.07) is 12.3. The maximum absolute atomic E-state index is 4.45. The summed E-state index contributed by atoms with van der Waals surface area (Å²) < 4.78 is 1.89. The summed E-state index contributed by atoms with van der Waals surface area (Å²) in [4.78, 5) is 4.45. The molecule has 2 aromatic heterocycles. The van der Waals surface area contributed by atoms with Crippen molar-refractivity contribution in [2.75, 3.05) is 6.54 Å². The van der Waals surface area contributed by atoms with Crippen LogP contribution in [0.2, 0.25) is 0 Å². The molecule has 1 aromatic carbocycles. The average molecular weight is 280 g/mol. The fourth-order valence-corrected chi connectivity index (χ4v) is 2.35. The highest BCUT2D eigenvalue weighted by atomic mass is 15.3. The second kappa shape index (κ2) is 6.06. The summed E-state index contributed by atoms with van der Waals surface area (Å²) >= 11 is 0. The smallest absolute Gasteiger partial charge is 0.154 e. The zero-order valence-corrected chi connectivity index (χ0v) is 12.5. The van der Waals surface area contributed by atoms with Gasteiger partial charge in [-0.25, -0.2) is 9.67 Å². The summed E-state index contributed by atoms with van der Waals surface area (Å²) in [5.74, 6) is 1.52. The molecule has 0 aliphatic heterocycles. The molecule has 0 aliphatic rings. The van der Waals surface area contributed by atoms with Gasteiger partial charge in [0.05, 0.1) is 11.7 Å². The van der Waals surface area contributed by atoms with E-state index in [4.69, 9.17) is 0 Å². The van der Waals surface area contributed by atoms with Crippen molar-refractivity contribution >= 4 is 10.9 Å². The van der Waals surface area contributed by atoms with Crippen LogP contribution in [-0.2, 0) is 6.54 Å². The second-order valence-electron chi connectivity index (χ2n) is 5.66. The molecule has 0 unspecified atom stereocenters. The molecule has 1 N–H and O–H groups in total. The highest BCUT2D eigenvalue weighted by molar-refractivity contribution is 5.79. The molecule has 0 aliphatic carbocycles. The number of para-hydroxylation sites is 1. The van der Waals surface area contributed by atoms with Gasteiger partial charge in [0, 0.05) is 18.1 Å². The van der Waals surface area contributed by atoms with E-state index in [0.29, 0.717) is 5.92 Å². The first kappa shape index (κ1) is 13.8. The second-order valence-corrected chi connectivity index (χ2v) is 5.66. The molecule has 4 heteroatoms. The van der Waals surface area contributed by atoms with Gasteiger partial charge in [-0.15, -0.1) is 0 Å². The van der Waals surface area contributed by atoms with Gasteiger partial charge in [0.2, 0.25) is 0 Å². The monoisotopic (exact) mass is 280 g/mol. The summed E-state index contributed by atoms with van der Waals surface area (Å²) in [7, 11) is 0. The fraction of sp³-hybridized carbons (Fsp3) is 0.294. The van der Waals surface area contributed by atoms with Gasteiger partial charge in [-0.2, -0.15) is 5.10 Å². The lowest BCUT2D eigenvalue weighted by Gasteiger charge is -2.09. The van der Waals surface area contributed by atoms with E-state index in [-0.39, 0.29) is 0 Å². The first-order valence-corrected chi connectivity index (χ1v) is 7.33. The predicted molar refractivity (Wildman–Crippen MR) is 85.4 cm³/mol. The van der Waals surface area contributed by atoms with Crippen molar-refractivity contribution in [3.8, 4) is 5.82 Å². The van der Waals surface area contributed by atoms with Crippen molar-refractivity contribution in [3.05, 3.63) is 54.4 Å². The summed E-state index contributed by atoms with van der Waals surface area (Å²) in [5, 5.41) is 9.03. The number of nitrogens with one attached hydrogen (secondary N) is 1. The van der Waals surface area contributed by atoms with Crippen LogP contribution in [0.25, 0.3) is 16.7 Å². The van der Waals surface area contributed by atoms with Crippen LogP contribution in [-0.4, -0.2) is 21.3 Å². The third-order valence-corrected chi connectivity index (χ3v) is 3.39. The minimum absolute atomic E-state index is 0.654. The molecule has 4 nitrogen and oxygen atoms in total. The number of benzene rings is 1. The van der Waals surface area contributed by atoms with E-state index in [1.807, 2.05) is 35.3 Å². The van der Waals surface area contributed by atoms with Gasteiger partial charge in [0.15, 0.2) is 5.82 Å². The summed E-state index contributed by atoms with van der Waals surface area (Å²) in [5.41, 5.74) is 2.30. The lowest BCUT2D eigenvalue weighted by Crippen LogP contribution is -2.19. The van der Waals surface area contributed by atoms with Crippen LogP contribution in [0, 0.1) is 5.92 Å². The molecular weight excluding hydrogens is 260 g/mol. The van der Waals surface area contributed by atoms with Crippen molar-refractivity contribution < 1.29 is 0 Å². The number of aromatic nitrogens is 3.